The van der Waals surface area contributed by atoms with Gasteiger partial charge in [-0.1, -0.05) is 42.5 Å². The van der Waals surface area contributed by atoms with Crippen LogP contribution in [-0.4, -0.2) is 58.9 Å². The van der Waals surface area contributed by atoms with E-state index in [4.69, 9.17) is 0 Å². The summed E-state index contributed by atoms with van der Waals surface area (Å²) >= 11 is 0. The summed E-state index contributed by atoms with van der Waals surface area (Å²) in [5.41, 5.74) is 0.582. The third-order valence-corrected chi connectivity index (χ3v) is 5.21. The van der Waals surface area contributed by atoms with Crippen LogP contribution < -0.4 is 5.32 Å². The molecule has 0 aliphatic carbocycles. The minimum atomic E-state index is -1.37. The molecule has 3 rings (SSSR count). The Hall–Kier alpha value is -2.28. The van der Waals surface area contributed by atoms with E-state index >= 15 is 0 Å². The number of carbonyl (C=O) groups excluding carboxylic acids is 1. The number of aryl methyl sites for hydroxylation is 1. The molecule has 5 nitrogen and oxygen atoms in total. The van der Waals surface area contributed by atoms with Gasteiger partial charge < -0.3 is 20.4 Å². The fourth-order valence-electron chi connectivity index (χ4n) is 3.53. The van der Waals surface area contributed by atoms with Crippen LogP contribution in [0.3, 0.4) is 0 Å². The summed E-state index contributed by atoms with van der Waals surface area (Å²) in [6.07, 6.45) is 0.606. The number of halogens is 1. The van der Waals surface area contributed by atoms with Gasteiger partial charge in [0.25, 0.3) is 0 Å². The van der Waals surface area contributed by atoms with Crippen molar-refractivity contribution < 1.29 is 19.4 Å². The highest BCUT2D eigenvalue weighted by Gasteiger charge is 2.45. The molecule has 0 radical (unpaired) electrons. The molecule has 1 aliphatic rings. The summed E-state index contributed by atoms with van der Waals surface area (Å²) in [7, 11) is 0. The van der Waals surface area contributed by atoms with Crippen LogP contribution in [0.15, 0.2) is 54.6 Å². The highest BCUT2D eigenvalue weighted by Crippen LogP contribution is 2.22. The quantitative estimate of drug-likeness (QED) is 0.602. The van der Waals surface area contributed by atoms with Gasteiger partial charge >= 0.3 is 0 Å². The Balaban J connectivity index is 1.44. The van der Waals surface area contributed by atoms with Gasteiger partial charge in [-0.05, 0) is 42.6 Å². The van der Waals surface area contributed by atoms with Crippen LogP contribution in [0.4, 0.5) is 4.39 Å². The largest absolute Gasteiger partial charge is 0.388 e. The minimum Gasteiger partial charge on any atom is -0.388 e. The lowest BCUT2D eigenvalue weighted by molar-refractivity contribution is -0.131. The van der Waals surface area contributed by atoms with Gasteiger partial charge in [-0.3, -0.25) is 4.79 Å². The van der Waals surface area contributed by atoms with E-state index in [2.05, 4.69) is 5.32 Å². The van der Waals surface area contributed by atoms with Gasteiger partial charge in [0, 0.05) is 19.5 Å². The zero-order valence-corrected chi connectivity index (χ0v) is 15.9. The summed E-state index contributed by atoms with van der Waals surface area (Å²) in [6.45, 7) is 0.955. The first-order valence-electron chi connectivity index (χ1n) is 9.63. The third kappa shape index (κ3) is 5.38. The Kier molecular flexibility index (Phi) is 6.78. The smallest absolute Gasteiger partial charge is 0.223 e. The normalized spacial score (nSPS) is 21.8. The first kappa shape index (κ1) is 20.5. The van der Waals surface area contributed by atoms with Crippen molar-refractivity contribution in [3.63, 3.8) is 0 Å². The van der Waals surface area contributed by atoms with Crippen molar-refractivity contribution in [2.75, 3.05) is 26.2 Å². The average Bonchev–Trinajstić information content (AvgIpc) is 2.99. The Morgan fingerprint density at radius 3 is 2.64 bits per heavy atom. The molecular weight excluding hydrogens is 359 g/mol. The Morgan fingerprint density at radius 1 is 1.14 bits per heavy atom. The van der Waals surface area contributed by atoms with E-state index in [0.717, 1.165) is 11.1 Å². The third-order valence-electron chi connectivity index (χ3n) is 5.21. The second kappa shape index (κ2) is 9.28. The van der Waals surface area contributed by atoms with Gasteiger partial charge in [0.05, 0.1) is 6.54 Å². The second-order valence-electron chi connectivity index (χ2n) is 7.44. The van der Waals surface area contributed by atoms with Gasteiger partial charge in [-0.2, -0.15) is 0 Å². The van der Waals surface area contributed by atoms with E-state index < -0.39 is 11.7 Å². The summed E-state index contributed by atoms with van der Waals surface area (Å²) in [5.74, 6) is -0.342. The monoisotopic (exact) mass is 386 g/mol. The molecule has 1 aliphatic heterocycles. The van der Waals surface area contributed by atoms with E-state index in [0.29, 0.717) is 25.8 Å². The van der Waals surface area contributed by atoms with Crippen molar-refractivity contribution in [1.29, 1.82) is 0 Å². The predicted octanol–water partition coefficient (Wildman–Crippen LogP) is 1.52. The summed E-state index contributed by atoms with van der Waals surface area (Å²) in [5, 5.41) is 24.1. The number of nitrogens with one attached hydrogen (secondary N) is 1. The summed E-state index contributed by atoms with van der Waals surface area (Å²) in [6, 6.07) is 16.2. The Bertz CT molecular complexity index is 786. The highest BCUT2D eigenvalue weighted by atomic mass is 19.1. The average molecular weight is 386 g/mol. The van der Waals surface area contributed by atoms with Crippen LogP contribution in [0.1, 0.15) is 17.5 Å². The lowest BCUT2D eigenvalue weighted by Crippen LogP contribution is -2.50. The minimum absolute atomic E-state index is 0.0708. The summed E-state index contributed by atoms with van der Waals surface area (Å²) in [4.78, 5) is 14.0. The number of aliphatic hydroxyl groups excluding tert-OH is 1. The molecule has 2 atom stereocenters. The van der Waals surface area contributed by atoms with Gasteiger partial charge in [0.2, 0.25) is 5.91 Å². The van der Waals surface area contributed by atoms with Crippen LogP contribution in [0.25, 0.3) is 0 Å². The molecule has 0 spiro atoms. The maximum atomic E-state index is 13.2. The number of β-amino-alcohol motifs (C(OH)–C–C–N with tert-alkyl or cyclic N) is 2. The Labute approximate surface area is 164 Å². The maximum absolute atomic E-state index is 13.2. The number of rotatable bonds is 8. The first-order valence-corrected chi connectivity index (χ1v) is 9.63. The number of benzene rings is 2. The van der Waals surface area contributed by atoms with Crippen LogP contribution in [0.2, 0.25) is 0 Å². The topological polar surface area (TPSA) is 72.8 Å². The van der Waals surface area contributed by atoms with Gasteiger partial charge in [-0.15, -0.1) is 0 Å². The van der Waals surface area contributed by atoms with Gasteiger partial charge in [0.15, 0.2) is 0 Å². The maximum Gasteiger partial charge on any atom is 0.223 e. The van der Waals surface area contributed by atoms with E-state index in [-0.39, 0.29) is 31.4 Å². The number of aliphatic hydroxyl groups is 2. The highest BCUT2D eigenvalue weighted by molar-refractivity contribution is 5.77. The molecule has 1 amide bonds. The zero-order chi connectivity index (χ0) is 20.0. The lowest BCUT2D eigenvalue weighted by atomic mass is 10.0. The number of likely N-dealkylation sites (tertiary alicyclic amines) is 1. The van der Waals surface area contributed by atoms with Crippen molar-refractivity contribution >= 4 is 5.91 Å². The molecule has 150 valence electrons. The molecule has 6 heteroatoms. The fourth-order valence-corrected chi connectivity index (χ4v) is 3.53. The first-order chi connectivity index (χ1) is 13.5. The van der Waals surface area contributed by atoms with E-state index in [1.165, 1.54) is 17.0 Å². The molecule has 0 unspecified atom stereocenters. The predicted molar refractivity (Wildman–Crippen MR) is 105 cm³/mol. The standard InChI is InChI=1S/C22H27FN2O3/c23-19-8-4-7-18(13-19)11-12-24-15-22(28)16-25(14-20(22)26)21(27)10-9-17-5-2-1-3-6-17/h1-8,13,20,24,26,28H,9-12,14-16H2/t20-,22+/m1/s1. The number of hydrogen-bond donors (Lipinski definition) is 3. The fraction of sp³-hybridized carbons (Fsp3) is 0.409. The number of hydrogen-bond acceptors (Lipinski definition) is 4. The molecule has 0 aromatic heterocycles. The van der Waals surface area contributed by atoms with Crippen molar-refractivity contribution in [1.82, 2.24) is 10.2 Å². The van der Waals surface area contributed by atoms with Crippen molar-refractivity contribution in [3.8, 4) is 0 Å². The zero-order valence-electron chi connectivity index (χ0n) is 15.9. The molecule has 1 heterocycles. The molecule has 28 heavy (non-hydrogen) atoms. The Morgan fingerprint density at radius 2 is 1.89 bits per heavy atom. The van der Waals surface area contributed by atoms with Crippen LogP contribution in [-0.2, 0) is 17.6 Å². The second-order valence-corrected chi connectivity index (χ2v) is 7.44. The molecule has 1 saturated heterocycles. The lowest BCUT2D eigenvalue weighted by Gasteiger charge is -2.26. The molecule has 0 bridgehead atoms. The number of amides is 1. The molecular formula is C22H27FN2O3. The van der Waals surface area contributed by atoms with Crippen LogP contribution in [0.5, 0.6) is 0 Å². The van der Waals surface area contributed by atoms with E-state index in [1.54, 1.807) is 6.07 Å². The number of carbonyl (C=O) groups is 1. The molecule has 1 fully saturated rings. The molecule has 2 aromatic rings. The summed E-state index contributed by atoms with van der Waals surface area (Å²) < 4.78 is 13.2. The van der Waals surface area contributed by atoms with Crippen LogP contribution >= 0.6 is 0 Å². The van der Waals surface area contributed by atoms with Gasteiger partial charge in [-0.25, -0.2) is 4.39 Å². The van der Waals surface area contributed by atoms with Crippen molar-refractivity contribution in [2.45, 2.75) is 31.0 Å². The molecule has 3 N–H and O–H groups in total. The van der Waals surface area contributed by atoms with E-state index in [9.17, 15) is 19.4 Å². The molecule has 0 saturated carbocycles. The number of nitrogens with zero attached hydrogens (tertiary/aromatic N) is 1. The van der Waals surface area contributed by atoms with Gasteiger partial charge in [0.1, 0.15) is 17.5 Å². The van der Waals surface area contributed by atoms with E-state index in [1.807, 2.05) is 36.4 Å². The van der Waals surface area contributed by atoms with Crippen LogP contribution in [0, 0.1) is 5.82 Å². The SMILES string of the molecule is O=C(CCc1ccccc1)N1C[C@@H](O)[C@](O)(CNCCc2cccc(F)c2)C1. The van der Waals surface area contributed by atoms with Crippen molar-refractivity contribution in [3.05, 3.63) is 71.5 Å². The molecule has 2 aromatic carbocycles. The van der Waals surface area contributed by atoms with Crippen molar-refractivity contribution in [2.24, 2.45) is 0 Å².